The quantitative estimate of drug-likeness (QED) is 0.591. The van der Waals surface area contributed by atoms with E-state index in [-0.39, 0.29) is 18.2 Å². The van der Waals surface area contributed by atoms with Crippen molar-refractivity contribution in [1.82, 2.24) is 15.5 Å². The Balaban J connectivity index is 1.63. The van der Waals surface area contributed by atoms with Gasteiger partial charge in [0.1, 0.15) is 0 Å². The molecule has 0 unspecified atom stereocenters. The van der Waals surface area contributed by atoms with Crippen LogP contribution in [0.25, 0.3) is 11.4 Å². The molecule has 1 heterocycles. The lowest BCUT2D eigenvalue weighted by Gasteiger charge is -2.22. The van der Waals surface area contributed by atoms with Gasteiger partial charge >= 0.3 is 0 Å². The van der Waals surface area contributed by atoms with Crippen LogP contribution in [0, 0.1) is 6.92 Å². The maximum Gasteiger partial charge on any atom is 0.251 e. The van der Waals surface area contributed by atoms with Crippen LogP contribution in [0.4, 0.5) is 5.69 Å². The Morgan fingerprint density at radius 3 is 2.33 bits per heavy atom. The van der Waals surface area contributed by atoms with Gasteiger partial charge in [-0.3, -0.25) is 9.10 Å². The van der Waals surface area contributed by atoms with Crippen LogP contribution in [0.1, 0.15) is 35.7 Å². The number of hydrogen-bond acceptors (Lipinski definition) is 6. The van der Waals surface area contributed by atoms with Crippen molar-refractivity contribution in [3.63, 3.8) is 0 Å². The monoisotopic (exact) mass is 428 g/mol. The summed E-state index contributed by atoms with van der Waals surface area (Å²) in [5.74, 6) is 0.442. The summed E-state index contributed by atoms with van der Waals surface area (Å²) in [6.07, 6.45) is 0. The SMILES string of the molecule is CCN(c1ccc(C(=O)NCc2nc(-c3ccc(C)cc3)no2)cc1)S(=O)(=O)CC. The number of benzene rings is 2. The molecule has 2 aromatic carbocycles. The average Bonchev–Trinajstić information content (AvgIpc) is 3.22. The van der Waals surface area contributed by atoms with E-state index in [1.165, 1.54) is 4.31 Å². The molecule has 158 valence electrons. The summed E-state index contributed by atoms with van der Waals surface area (Å²) < 4.78 is 30.8. The van der Waals surface area contributed by atoms with Crippen molar-refractivity contribution in [2.75, 3.05) is 16.6 Å². The minimum Gasteiger partial charge on any atom is -0.343 e. The van der Waals surface area contributed by atoms with E-state index in [0.717, 1.165) is 11.1 Å². The fourth-order valence-electron chi connectivity index (χ4n) is 2.88. The van der Waals surface area contributed by atoms with Gasteiger partial charge in [-0.25, -0.2) is 8.42 Å². The molecule has 0 aliphatic rings. The molecule has 0 saturated carbocycles. The molecule has 1 amide bonds. The summed E-state index contributed by atoms with van der Waals surface area (Å²) in [5.41, 5.74) is 2.90. The molecular weight excluding hydrogens is 404 g/mol. The highest BCUT2D eigenvalue weighted by atomic mass is 32.2. The summed E-state index contributed by atoms with van der Waals surface area (Å²) in [4.78, 5) is 16.7. The van der Waals surface area contributed by atoms with Crippen LogP contribution >= 0.6 is 0 Å². The third-order valence-corrected chi connectivity index (χ3v) is 6.45. The van der Waals surface area contributed by atoms with E-state index in [9.17, 15) is 13.2 Å². The zero-order valence-electron chi connectivity index (χ0n) is 17.1. The smallest absolute Gasteiger partial charge is 0.251 e. The summed E-state index contributed by atoms with van der Waals surface area (Å²) >= 11 is 0. The second-order valence-electron chi connectivity index (χ2n) is 6.67. The Hall–Kier alpha value is -3.20. The highest BCUT2D eigenvalue weighted by Gasteiger charge is 2.19. The normalized spacial score (nSPS) is 11.3. The maximum absolute atomic E-state index is 12.4. The number of aryl methyl sites for hydroxylation is 1. The summed E-state index contributed by atoms with van der Waals surface area (Å²) in [5, 5.41) is 6.66. The standard InChI is InChI=1S/C21H24N4O4S/c1-4-25(30(27,28)5-2)18-12-10-17(11-13-18)21(26)22-14-19-23-20(24-29-19)16-8-6-15(3)7-9-16/h6-13H,4-5,14H2,1-3H3,(H,22,26). The van der Waals surface area contributed by atoms with Crippen LogP contribution in [0.15, 0.2) is 53.1 Å². The highest BCUT2D eigenvalue weighted by molar-refractivity contribution is 7.92. The molecule has 1 aromatic heterocycles. The molecule has 0 spiro atoms. The number of anilines is 1. The number of nitrogens with zero attached hydrogens (tertiary/aromatic N) is 3. The first kappa shape index (κ1) is 21.5. The van der Waals surface area contributed by atoms with Gasteiger partial charge in [-0.05, 0) is 45.0 Å². The molecule has 0 radical (unpaired) electrons. The van der Waals surface area contributed by atoms with Gasteiger partial charge in [0.15, 0.2) is 0 Å². The first-order valence-electron chi connectivity index (χ1n) is 9.62. The topological polar surface area (TPSA) is 105 Å². The predicted octanol–water partition coefficient (Wildman–Crippen LogP) is 3.15. The van der Waals surface area contributed by atoms with Crippen molar-refractivity contribution < 1.29 is 17.7 Å². The van der Waals surface area contributed by atoms with Gasteiger partial charge in [-0.15, -0.1) is 0 Å². The molecule has 30 heavy (non-hydrogen) atoms. The lowest BCUT2D eigenvalue weighted by molar-refractivity contribution is 0.0946. The maximum atomic E-state index is 12.4. The van der Waals surface area contributed by atoms with E-state index in [1.807, 2.05) is 31.2 Å². The molecule has 0 bridgehead atoms. The lowest BCUT2D eigenvalue weighted by Crippen LogP contribution is -2.32. The largest absolute Gasteiger partial charge is 0.343 e. The van der Waals surface area contributed by atoms with Crippen molar-refractivity contribution in [2.45, 2.75) is 27.3 Å². The molecule has 0 saturated heterocycles. The zero-order chi connectivity index (χ0) is 21.7. The second-order valence-corrected chi connectivity index (χ2v) is 8.85. The average molecular weight is 429 g/mol. The van der Waals surface area contributed by atoms with Gasteiger partial charge in [0.2, 0.25) is 21.7 Å². The van der Waals surface area contributed by atoms with Crippen LogP contribution in [0.3, 0.4) is 0 Å². The van der Waals surface area contributed by atoms with E-state index in [1.54, 1.807) is 38.1 Å². The van der Waals surface area contributed by atoms with Crippen molar-refractivity contribution in [3.8, 4) is 11.4 Å². The molecule has 0 fully saturated rings. The number of nitrogens with one attached hydrogen (secondary N) is 1. The van der Waals surface area contributed by atoms with Crippen molar-refractivity contribution in [2.24, 2.45) is 0 Å². The van der Waals surface area contributed by atoms with E-state index < -0.39 is 10.0 Å². The fraction of sp³-hybridized carbons (Fsp3) is 0.286. The molecule has 0 aliphatic carbocycles. The van der Waals surface area contributed by atoms with E-state index >= 15 is 0 Å². The first-order chi connectivity index (χ1) is 14.3. The number of sulfonamides is 1. The van der Waals surface area contributed by atoms with Crippen LogP contribution < -0.4 is 9.62 Å². The van der Waals surface area contributed by atoms with Crippen molar-refractivity contribution >= 4 is 21.6 Å². The van der Waals surface area contributed by atoms with Gasteiger partial charge in [0.05, 0.1) is 18.0 Å². The Kier molecular flexibility index (Phi) is 6.51. The fourth-order valence-corrected chi connectivity index (χ4v) is 4.03. The van der Waals surface area contributed by atoms with Crippen LogP contribution in [-0.2, 0) is 16.6 Å². The van der Waals surface area contributed by atoms with Gasteiger partial charge in [0, 0.05) is 17.7 Å². The third-order valence-electron chi connectivity index (χ3n) is 4.58. The number of rotatable bonds is 8. The lowest BCUT2D eigenvalue weighted by atomic mass is 10.1. The van der Waals surface area contributed by atoms with Gasteiger partial charge < -0.3 is 9.84 Å². The molecule has 9 heteroatoms. The number of carbonyl (C=O) groups is 1. The summed E-state index contributed by atoms with van der Waals surface area (Å²) in [6, 6.07) is 14.1. The minimum atomic E-state index is -3.36. The van der Waals surface area contributed by atoms with Crippen molar-refractivity contribution in [1.29, 1.82) is 0 Å². The van der Waals surface area contributed by atoms with Crippen LogP contribution in [0.5, 0.6) is 0 Å². The third kappa shape index (κ3) is 4.85. The Labute approximate surface area is 176 Å². The Bertz CT molecular complexity index is 1110. The van der Waals surface area contributed by atoms with E-state index in [2.05, 4.69) is 15.5 Å². The number of hydrogen-bond donors (Lipinski definition) is 1. The van der Waals surface area contributed by atoms with E-state index in [4.69, 9.17) is 4.52 Å². The molecule has 3 rings (SSSR count). The zero-order valence-corrected chi connectivity index (χ0v) is 17.9. The number of aromatic nitrogens is 2. The number of amides is 1. The first-order valence-corrected chi connectivity index (χ1v) is 11.2. The predicted molar refractivity (Wildman–Crippen MR) is 115 cm³/mol. The second kappa shape index (κ2) is 9.08. The molecular formula is C21H24N4O4S. The molecule has 0 atom stereocenters. The van der Waals surface area contributed by atoms with Gasteiger partial charge in [-0.2, -0.15) is 4.98 Å². The van der Waals surface area contributed by atoms with Gasteiger partial charge in [0.25, 0.3) is 5.91 Å². The van der Waals surface area contributed by atoms with E-state index in [0.29, 0.717) is 29.5 Å². The minimum absolute atomic E-state index is 0.0117. The molecule has 8 nitrogen and oxygen atoms in total. The summed E-state index contributed by atoms with van der Waals surface area (Å²) in [7, 11) is -3.36. The molecule has 1 N–H and O–H groups in total. The van der Waals surface area contributed by atoms with Crippen LogP contribution in [0.2, 0.25) is 0 Å². The van der Waals surface area contributed by atoms with Gasteiger partial charge in [-0.1, -0.05) is 35.0 Å². The van der Waals surface area contributed by atoms with Crippen molar-refractivity contribution in [3.05, 3.63) is 65.5 Å². The highest BCUT2D eigenvalue weighted by Crippen LogP contribution is 2.19. The Morgan fingerprint density at radius 1 is 1.07 bits per heavy atom. The van der Waals surface area contributed by atoms with Crippen LogP contribution in [-0.4, -0.2) is 36.8 Å². The molecule has 0 aliphatic heterocycles. The molecule has 3 aromatic rings. The number of carbonyl (C=O) groups excluding carboxylic acids is 1. The summed E-state index contributed by atoms with van der Waals surface area (Å²) in [6.45, 7) is 5.77. The Morgan fingerprint density at radius 2 is 1.73 bits per heavy atom.